The maximum absolute atomic E-state index is 11.5. The second-order valence-corrected chi connectivity index (χ2v) is 3.35. The molecule has 1 aromatic rings. The van der Waals surface area contributed by atoms with E-state index in [9.17, 15) is 9.59 Å². The van der Waals surface area contributed by atoms with Crippen LogP contribution in [0.15, 0.2) is 6.33 Å². The highest BCUT2D eigenvalue weighted by Crippen LogP contribution is 2.12. The predicted octanol–water partition coefficient (Wildman–Crippen LogP) is 0.256. The molecule has 0 aliphatic carbocycles. The monoisotopic (exact) mass is 210 g/mol. The summed E-state index contributed by atoms with van der Waals surface area (Å²) in [4.78, 5) is 26.0. The van der Waals surface area contributed by atoms with Crippen LogP contribution >= 0.6 is 0 Å². The van der Waals surface area contributed by atoms with E-state index in [1.807, 2.05) is 19.2 Å². The van der Waals surface area contributed by atoms with E-state index in [1.165, 1.54) is 0 Å². The molecular formula is C9H14N4O2. The minimum absolute atomic E-state index is 0.442. The minimum Gasteiger partial charge on any atom is -0.351 e. The molecule has 15 heavy (non-hydrogen) atoms. The normalized spacial score (nSPS) is 12.2. The predicted molar refractivity (Wildman–Crippen MR) is 54.1 cm³/mol. The number of urea groups is 1. The second kappa shape index (κ2) is 4.12. The van der Waals surface area contributed by atoms with Crippen molar-refractivity contribution in [1.29, 1.82) is 0 Å². The number of rotatable bonds is 2. The van der Waals surface area contributed by atoms with Gasteiger partial charge in [-0.3, -0.25) is 10.1 Å². The molecule has 6 heteroatoms. The van der Waals surface area contributed by atoms with Crippen LogP contribution < -0.4 is 11.1 Å². The van der Waals surface area contributed by atoms with Crippen molar-refractivity contribution in [2.75, 3.05) is 0 Å². The molecule has 0 aliphatic rings. The first-order valence-corrected chi connectivity index (χ1v) is 4.53. The summed E-state index contributed by atoms with van der Waals surface area (Å²) in [7, 11) is 0. The maximum Gasteiger partial charge on any atom is 0.318 e. The van der Waals surface area contributed by atoms with Crippen molar-refractivity contribution in [2.45, 2.75) is 26.8 Å². The molecule has 1 atom stereocenters. The van der Waals surface area contributed by atoms with Gasteiger partial charge >= 0.3 is 6.03 Å². The fourth-order valence-electron chi connectivity index (χ4n) is 1.26. The summed E-state index contributed by atoms with van der Waals surface area (Å²) >= 11 is 0. The minimum atomic E-state index is -0.846. The first-order chi connectivity index (χ1) is 6.93. The van der Waals surface area contributed by atoms with E-state index in [-0.39, 0.29) is 0 Å². The van der Waals surface area contributed by atoms with Crippen LogP contribution in [-0.2, 0) is 4.79 Å². The SMILES string of the molecule is Cc1ncn(C(C)C(=O)NC(N)=O)c1C. The molecular weight excluding hydrogens is 196 g/mol. The summed E-state index contributed by atoms with van der Waals surface area (Å²) in [5.74, 6) is -0.442. The Hall–Kier alpha value is -1.85. The van der Waals surface area contributed by atoms with E-state index in [4.69, 9.17) is 5.73 Å². The van der Waals surface area contributed by atoms with Crippen molar-refractivity contribution in [3.63, 3.8) is 0 Å². The van der Waals surface area contributed by atoms with Crippen LogP contribution in [0.1, 0.15) is 24.4 Å². The summed E-state index contributed by atoms with van der Waals surface area (Å²) < 4.78 is 1.69. The zero-order chi connectivity index (χ0) is 11.6. The molecule has 82 valence electrons. The Balaban J connectivity index is 2.85. The second-order valence-electron chi connectivity index (χ2n) is 3.35. The summed E-state index contributed by atoms with van der Waals surface area (Å²) in [6, 6.07) is -1.35. The molecule has 0 aromatic carbocycles. The molecule has 0 fully saturated rings. The van der Waals surface area contributed by atoms with Gasteiger partial charge in [0.2, 0.25) is 0 Å². The van der Waals surface area contributed by atoms with Gasteiger partial charge < -0.3 is 10.3 Å². The van der Waals surface area contributed by atoms with Gasteiger partial charge in [0.1, 0.15) is 6.04 Å². The standard InChI is InChI=1S/C9H14N4O2/c1-5-6(2)13(4-11-5)7(3)8(14)12-9(10)15/h4,7H,1-3H3,(H3,10,12,14,15). The van der Waals surface area contributed by atoms with Crippen LogP contribution in [0, 0.1) is 13.8 Å². The third-order valence-corrected chi connectivity index (χ3v) is 2.33. The average Bonchev–Trinajstić information content (AvgIpc) is 2.45. The van der Waals surface area contributed by atoms with Crippen LogP contribution in [-0.4, -0.2) is 21.5 Å². The van der Waals surface area contributed by atoms with E-state index in [1.54, 1.807) is 17.8 Å². The lowest BCUT2D eigenvalue weighted by Crippen LogP contribution is -2.39. The zero-order valence-corrected chi connectivity index (χ0v) is 8.94. The lowest BCUT2D eigenvalue weighted by molar-refractivity contribution is -0.122. The van der Waals surface area contributed by atoms with Crippen LogP contribution in [0.5, 0.6) is 0 Å². The number of imide groups is 1. The van der Waals surface area contributed by atoms with Crippen molar-refractivity contribution in [2.24, 2.45) is 5.73 Å². The number of nitrogens with two attached hydrogens (primary N) is 1. The number of imidazole rings is 1. The fourth-order valence-corrected chi connectivity index (χ4v) is 1.26. The number of amides is 3. The third kappa shape index (κ3) is 2.34. The van der Waals surface area contributed by atoms with Crippen molar-refractivity contribution in [3.8, 4) is 0 Å². The van der Waals surface area contributed by atoms with Gasteiger partial charge in [-0.25, -0.2) is 9.78 Å². The van der Waals surface area contributed by atoms with Crippen molar-refractivity contribution >= 4 is 11.9 Å². The van der Waals surface area contributed by atoms with E-state index in [0.717, 1.165) is 11.4 Å². The van der Waals surface area contributed by atoms with Crippen LogP contribution in [0.3, 0.4) is 0 Å². The molecule has 3 amide bonds. The summed E-state index contributed by atoms with van der Waals surface area (Å²) in [6.07, 6.45) is 1.57. The van der Waals surface area contributed by atoms with Gasteiger partial charge in [-0.1, -0.05) is 0 Å². The Morgan fingerprint density at radius 2 is 2.13 bits per heavy atom. The van der Waals surface area contributed by atoms with E-state index in [0.29, 0.717) is 0 Å². The van der Waals surface area contributed by atoms with Crippen LogP contribution in [0.25, 0.3) is 0 Å². The molecule has 0 bridgehead atoms. The molecule has 0 spiro atoms. The molecule has 3 N–H and O–H groups in total. The van der Waals surface area contributed by atoms with Crippen LogP contribution in [0.2, 0.25) is 0 Å². The Morgan fingerprint density at radius 3 is 2.53 bits per heavy atom. The number of hydrogen-bond donors (Lipinski definition) is 2. The lowest BCUT2D eigenvalue weighted by Gasteiger charge is -2.13. The molecule has 1 aromatic heterocycles. The number of aryl methyl sites for hydroxylation is 1. The van der Waals surface area contributed by atoms with E-state index >= 15 is 0 Å². The number of primary amides is 1. The highest BCUT2D eigenvalue weighted by molar-refractivity contribution is 5.95. The first-order valence-electron chi connectivity index (χ1n) is 4.53. The Kier molecular flexibility index (Phi) is 3.08. The third-order valence-electron chi connectivity index (χ3n) is 2.33. The number of carbonyl (C=O) groups excluding carboxylic acids is 2. The number of nitrogens with one attached hydrogen (secondary N) is 1. The summed E-state index contributed by atoms with van der Waals surface area (Å²) in [5, 5.41) is 2.03. The fraction of sp³-hybridized carbons (Fsp3) is 0.444. The smallest absolute Gasteiger partial charge is 0.318 e. The van der Waals surface area contributed by atoms with Gasteiger partial charge in [0, 0.05) is 5.69 Å². The topological polar surface area (TPSA) is 90.0 Å². The maximum atomic E-state index is 11.5. The Bertz CT molecular complexity index is 397. The molecule has 0 aliphatic heterocycles. The zero-order valence-electron chi connectivity index (χ0n) is 8.94. The van der Waals surface area contributed by atoms with Gasteiger partial charge in [-0.2, -0.15) is 0 Å². The van der Waals surface area contributed by atoms with Crippen LogP contribution in [0.4, 0.5) is 4.79 Å². The van der Waals surface area contributed by atoms with E-state index < -0.39 is 18.0 Å². The molecule has 1 unspecified atom stereocenters. The van der Waals surface area contributed by atoms with Gasteiger partial charge in [-0.05, 0) is 20.8 Å². The number of hydrogen-bond acceptors (Lipinski definition) is 3. The number of aromatic nitrogens is 2. The molecule has 6 nitrogen and oxygen atoms in total. The molecule has 0 saturated heterocycles. The first kappa shape index (κ1) is 11.2. The van der Waals surface area contributed by atoms with Gasteiger partial charge in [-0.15, -0.1) is 0 Å². The molecule has 0 radical (unpaired) electrons. The molecule has 0 saturated carbocycles. The number of carbonyl (C=O) groups is 2. The van der Waals surface area contributed by atoms with Crippen molar-refractivity contribution in [1.82, 2.24) is 14.9 Å². The Labute approximate surface area is 87.5 Å². The highest BCUT2D eigenvalue weighted by atomic mass is 16.2. The van der Waals surface area contributed by atoms with Gasteiger partial charge in [0.15, 0.2) is 0 Å². The molecule has 1 rings (SSSR count). The summed E-state index contributed by atoms with van der Waals surface area (Å²) in [5.41, 5.74) is 6.60. The number of nitrogens with zero attached hydrogens (tertiary/aromatic N) is 2. The summed E-state index contributed by atoms with van der Waals surface area (Å²) in [6.45, 7) is 5.38. The van der Waals surface area contributed by atoms with Crippen molar-refractivity contribution < 1.29 is 9.59 Å². The lowest BCUT2D eigenvalue weighted by atomic mass is 10.3. The largest absolute Gasteiger partial charge is 0.351 e. The highest BCUT2D eigenvalue weighted by Gasteiger charge is 2.18. The van der Waals surface area contributed by atoms with Gasteiger partial charge in [0.05, 0.1) is 12.0 Å². The quantitative estimate of drug-likeness (QED) is 0.733. The molecule has 1 heterocycles. The van der Waals surface area contributed by atoms with Crippen molar-refractivity contribution in [3.05, 3.63) is 17.7 Å². The average molecular weight is 210 g/mol. The Morgan fingerprint density at radius 1 is 1.53 bits per heavy atom. The van der Waals surface area contributed by atoms with Gasteiger partial charge in [0.25, 0.3) is 5.91 Å². The van der Waals surface area contributed by atoms with E-state index in [2.05, 4.69) is 4.98 Å².